The van der Waals surface area contributed by atoms with Gasteiger partial charge in [-0.05, 0) is 29.8 Å². The number of benzene rings is 2. The first-order chi connectivity index (χ1) is 12.4. The number of amides is 1. The zero-order valence-corrected chi connectivity index (χ0v) is 13.6. The molecule has 0 radical (unpaired) electrons. The molecule has 1 amide bonds. The lowest BCUT2D eigenvalue weighted by atomic mass is 9.95. The van der Waals surface area contributed by atoms with Crippen molar-refractivity contribution in [2.45, 2.75) is 6.04 Å². The number of nitrogens with one attached hydrogen (secondary N) is 1. The second-order valence-corrected chi connectivity index (χ2v) is 5.58. The molecule has 1 aliphatic rings. The summed E-state index contributed by atoms with van der Waals surface area (Å²) in [7, 11) is 1.49. The Labute approximate surface area is 147 Å². The van der Waals surface area contributed by atoms with Crippen LogP contribution in [0.4, 0.5) is 5.69 Å². The smallest absolute Gasteiger partial charge is 0.293 e. The fourth-order valence-electron chi connectivity index (χ4n) is 2.74. The van der Waals surface area contributed by atoms with Gasteiger partial charge >= 0.3 is 0 Å². The maximum atomic E-state index is 12.3. The lowest BCUT2D eigenvalue weighted by Gasteiger charge is -2.13. The molecule has 2 N–H and O–H groups in total. The van der Waals surface area contributed by atoms with Crippen LogP contribution in [-0.4, -0.2) is 28.8 Å². The summed E-state index contributed by atoms with van der Waals surface area (Å²) in [6.45, 7) is 0. The monoisotopic (exact) mass is 354 g/mol. The number of rotatable bonds is 4. The predicted molar refractivity (Wildman–Crippen MR) is 91.5 cm³/mol. The summed E-state index contributed by atoms with van der Waals surface area (Å²) in [5, 5.41) is 24.0. The standard InChI is InChI=1S/C18H14N2O6/c1-26-13-7-5-10(6-8-13)16(21)14-15(19-18(23)17(14)22)11-3-2-4-12(9-11)20(24)25/h2-9,15,21H,1H3,(H,19,23)/b16-14+/t15-/m0/s1. The number of aliphatic hydroxyl groups is 1. The Morgan fingerprint density at radius 3 is 2.50 bits per heavy atom. The molecule has 1 atom stereocenters. The van der Waals surface area contributed by atoms with Crippen LogP contribution in [0.1, 0.15) is 17.2 Å². The van der Waals surface area contributed by atoms with Crippen molar-refractivity contribution >= 4 is 23.1 Å². The van der Waals surface area contributed by atoms with Crippen LogP contribution < -0.4 is 10.1 Å². The molecular weight excluding hydrogens is 340 g/mol. The number of hydrogen-bond acceptors (Lipinski definition) is 6. The number of Topliss-reactive ketones (excluding diaryl/α,β-unsaturated/α-hetero) is 1. The molecule has 2 aromatic carbocycles. The highest BCUT2D eigenvalue weighted by Crippen LogP contribution is 2.34. The summed E-state index contributed by atoms with van der Waals surface area (Å²) in [5.74, 6) is -1.56. The fraction of sp³-hybridized carbons (Fsp3) is 0.111. The van der Waals surface area contributed by atoms with Crippen LogP contribution in [0.3, 0.4) is 0 Å². The number of ether oxygens (including phenoxy) is 1. The quantitative estimate of drug-likeness (QED) is 0.286. The van der Waals surface area contributed by atoms with Crippen LogP contribution in [0.5, 0.6) is 5.75 Å². The van der Waals surface area contributed by atoms with E-state index in [2.05, 4.69) is 5.32 Å². The molecule has 2 aromatic rings. The van der Waals surface area contributed by atoms with Gasteiger partial charge in [-0.25, -0.2) is 0 Å². The van der Waals surface area contributed by atoms with Gasteiger partial charge in [0.25, 0.3) is 17.4 Å². The number of carbonyl (C=O) groups excluding carboxylic acids is 2. The molecular formula is C18H14N2O6. The second-order valence-electron chi connectivity index (χ2n) is 5.58. The zero-order chi connectivity index (χ0) is 18.8. The van der Waals surface area contributed by atoms with Crippen LogP contribution in [0.25, 0.3) is 5.76 Å². The first-order valence-corrected chi connectivity index (χ1v) is 7.59. The van der Waals surface area contributed by atoms with Gasteiger partial charge in [0.15, 0.2) is 0 Å². The number of aliphatic hydroxyl groups excluding tert-OH is 1. The molecule has 1 heterocycles. The summed E-state index contributed by atoms with van der Waals surface area (Å²) in [4.78, 5) is 34.5. The topological polar surface area (TPSA) is 119 Å². The summed E-state index contributed by atoms with van der Waals surface area (Å²) in [6, 6.07) is 10.9. The second kappa shape index (κ2) is 6.67. The normalized spacial score (nSPS) is 18.4. The highest BCUT2D eigenvalue weighted by molar-refractivity contribution is 6.46. The van der Waals surface area contributed by atoms with E-state index in [-0.39, 0.29) is 17.0 Å². The van der Waals surface area contributed by atoms with E-state index in [4.69, 9.17) is 4.74 Å². The largest absolute Gasteiger partial charge is 0.507 e. The SMILES string of the molecule is COc1ccc(/C(O)=C2\C(=O)C(=O)N[C@H]2c2cccc([N+](=O)[O-])c2)cc1. The molecule has 0 saturated carbocycles. The number of nitrogens with zero attached hydrogens (tertiary/aromatic N) is 1. The third kappa shape index (κ3) is 3.00. The number of nitro benzene ring substituents is 1. The molecule has 132 valence electrons. The molecule has 0 aliphatic carbocycles. The van der Waals surface area contributed by atoms with Crippen LogP contribution >= 0.6 is 0 Å². The Balaban J connectivity index is 2.09. The fourth-order valence-corrected chi connectivity index (χ4v) is 2.74. The molecule has 8 nitrogen and oxygen atoms in total. The summed E-state index contributed by atoms with van der Waals surface area (Å²) in [6.07, 6.45) is 0. The van der Waals surface area contributed by atoms with Crippen LogP contribution in [-0.2, 0) is 9.59 Å². The molecule has 1 saturated heterocycles. The number of carbonyl (C=O) groups is 2. The molecule has 0 aromatic heterocycles. The van der Waals surface area contributed by atoms with E-state index in [0.717, 1.165) is 0 Å². The molecule has 1 fully saturated rings. The third-order valence-corrected chi connectivity index (χ3v) is 4.05. The number of methoxy groups -OCH3 is 1. The van der Waals surface area contributed by atoms with Crippen molar-refractivity contribution in [1.82, 2.24) is 5.32 Å². The maximum absolute atomic E-state index is 12.3. The predicted octanol–water partition coefficient (Wildman–Crippen LogP) is 2.31. The number of ketones is 1. The van der Waals surface area contributed by atoms with Crippen molar-refractivity contribution in [2.75, 3.05) is 7.11 Å². The van der Waals surface area contributed by atoms with E-state index in [1.807, 2.05) is 0 Å². The lowest BCUT2D eigenvalue weighted by molar-refractivity contribution is -0.384. The highest BCUT2D eigenvalue weighted by atomic mass is 16.6. The number of nitro groups is 1. The first kappa shape index (κ1) is 17.2. The Morgan fingerprint density at radius 1 is 1.19 bits per heavy atom. The van der Waals surface area contributed by atoms with E-state index in [0.29, 0.717) is 16.9 Å². The molecule has 0 spiro atoms. The van der Waals surface area contributed by atoms with Gasteiger partial charge in [-0.3, -0.25) is 19.7 Å². The minimum absolute atomic E-state index is 0.152. The van der Waals surface area contributed by atoms with Crippen molar-refractivity contribution in [3.8, 4) is 5.75 Å². The van der Waals surface area contributed by atoms with Crippen molar-refractivity contribution < 1.29 is 24.4 Å². The van der Waals surface area contributed by atoms with E-state index in [1.165, 1.54) is 31.4 Å². The maximum Gasteiger partial charge on any atom is 0.293 e. The Bertz CT molecular complexity index is 933. The average Bonchev–Trinajstić information content (AvgIpc) is 2.96. The molecule has 26 heavy (non-hydrogen) atoms. The van der Waals surface area contributed by atoms with Gasteiger partial charge in [-0.15, -0.1) is 0 Å². The van der Waals surface area contributed by atoms with Crippen molar-refractivity contribution in [3.05, 3.63) is 75.3 Å². The van der Waals surface area contributed by atoms with E-state index in [1.54, 1.807) is 24.3 Å². The average molecular weight is 354 g/mol. The zero-order valence-electron chi connectivity index (χ0n) is 13.6. The van der Waals surface area contributed by atoms with Crippen molar-refractivity contribution in [3.63, 3.8) is 0 Å². The van der Waals surface area contributed by atoms with Gasteiger partial charge in [-0.1, -0.05) is 12.1 Å². The van der Waals surface area contributed by atoms with Crippen LogP contribution in [0.2, 0.25) is 0 Å². The highest BCUT2D eigenvalue weighted by Gasteiger charge is 2.39. The van der Waals surface area contributed by atoms with Gasteiger partial charge in [0.1, 0.15) is 11.5 Å². The summed E-state index contributed by atoms with van der Waals surface area (Å²) in [5.41, 5.74) is 0.314. The van der Waals surface area contributed by atoms with Crippen molar-refractivity contribution in [1.29, 1.82) is 0 Å². The molecule has 0 unspecified atom stereocenters. The van der Waals surface area contributed by atoms with Crippen molar-refractivity contribution in [2.24, 2.45) is 0 Å². The number of non-ortho nitro benzene ring substituents is 1. The minimum atomic E-state index is -0.975. The summed E-state index contributed by atoms with van der Waals surface area (Å²) < 4.78 is 5.04. The lowest BCUT2D eigenvalue weighted by Crippen LogP contribution is -2.21. The Hall–Kier alpha value is -3.68. The van der Waals surface area contributed by atoms with Gasteiger partial charge < -0.3 is 15.2 Å². The van der Waals surface area contributed by atoms with Crippen LogP contribution in [0.15, 0.2) is 54.1 Å². The molecule has 8 heteroatoms. The van der Waals surface area contributed by atoms with Crippen LogP contribution in [0, 0.1) is 10.1 Å². The summed E-state index contributed by atoms with van der Waals surface area (Å²) >= 11 is 0. The van der Waals surface area contributed by atoms with Gasteiger partial charge in [0, 0.05) is 17.7 Å². The Morgan fingerprint density at radius 2 is 1.88 bits per heavy atom. The molecule has 3 rings (SSSR count). The molecule has 0 bridgehead atoms. The van der Waals surface area contributed by atoms with E-state index in [9.17, 15) is 24.8 Å². The van der Waals surface area contributed by atoms with Gasteiger partial charge in [0.05, 0.1) is 23.6 Å². The Kier molecular flexibility index (Phi) is 4.40. The minimum Gasteiger partial charge on any atom is -0.507 e. The third-order valence-electron chi connectivity index (χ3n) is 4.05. The van der Waals surface area contributed by atoms with E-state index >= 15 is 0 Å². The van der Waals surface area contributed by atoms with Gasteiger partial charge in [0.2, 0.25) is 0 Å². The number of hydrogen-bond donors (Lipinski definition) is 2. The van der Waals surface area contributed by atoms with Gasteiger partial charge in [-0.2, -0.15) is 0 Å². The van der Waals surface area contributed by atoms with E-state index < -0.39 is 22.7 Å². The molecule has 1 aliphatic heterocycles. The first-order valence-electron chi connectivity index (χ1n) is 7.59.